The Balaban J connectivity index is 5.02. The SMILES string of the molecule is N#CCCOC(CO)(OCCC#N)N(CCO)CCC#N. The molecular formula is C13H20N4O4. The summed E-state index contributed by atoms with van der Waals surface area (Å²) < 4.78 is 11.0. The number of rotatable bonds is 12. The van der Waals surface area contributed by atoms with Crippen LogP contribution in [-0.4, -0.2) is 60.5 Å². The maximum absolute atomic E-state index is 9.65. The summed E-state index contributed by atoms with van der Waals surface area (Å²) in [7, 11) is 0. The van der Waals surface area contributed by atoms with E-state index in [1.807, 2.05) is 18.2 Å². The van der Waals surface area contributed by atoms with Gasteiger partial charge in [-0.3, -0.25) is 0 Å². The molecule has 0 atom stereocenters. The van der Waals surface area contributed by atoms with Crippen molar-refractivity contribution >= 4 is 0 Å². The Morgan fingerprint density at radius 3 is 1.76 bits per heavy atom. The van der Waals surface area contributed by atoms with E-state index >= 15 is 0 Å². The van der Waals surface area contributed by atoms with Gasteiger partial charge < -0.3 is 19.7 Å². The Labute approximate surface area is 124 Å². The van der Waals surface area contributed by atoms with E-state index in [0.717, 1.165) is 0 Å². The highest BCUT2D eigenvalue weighted by Crippen LogP contribution is 2.20. The summed E-state index contributed by atoms with van der Waals surface area (Å²) in [6.07, 6.45) is 0.369. The summed E-state index contributed by atoms with van der Waals surface area (Å²) in [5.41, 5.74) is 0. The summed E-state index contributed by atoms with van der Waals surface area (Å²) in [4.78, 5) is 1.49. The van der Waals surface area contributed by atoms with E-state index in [0.29, 0.717) is 0 Å². The second-order valence-electron chi connectivity index (χ2n) is 4.00. The van der Waals surface area contributed by atoms with E-state index in [2.05, 4.69) is 0 Å². The van der Waals surface area contributed by atoms with Gasteiger partial charge in [0.2, 0.25) is 0 Å². The Morgan fingerprint density at radius 2 is 1.38 bits per heavy atom. The predicted molar refractivity (Wildman–Crippen MR) is 71.1 cm³/mol. The normalized spacial score (nSPS) is 10.9. The Kier molecular flexibility index (Phi) is 11.1. The molecule has 0 aliphatic carbocycles. The molecule has 0 heterocycles. The largest absolute Gasteiger partial charge is 0.395 e. The highest BCUT2D eigenvalue weighted by Gasteiger charge is 2.38. The first kappa shape index (κ1) is 19.3. The number of aliphatic hydroxyl groups is 2. The molecule has 0 radical (unpaired) electrons. The molecule has 8 nitrogen and oxygen atoms in total. The van der Waals surface area contributed by atoms with Crippen LogP contribution < -0.4 is 0 Å². The fraction of sp³-hybridized carbons (Fsp3) is 0.769. The molecule has 0 saturated carbocycles. The third-order valence-electron chi connectivity index (χ3n) is 2.63. The molecular weight excluding hydrogens is 276 g/mol. The molecule has 0 bridgehead atoms. The zero-order valence-electron chi connectivity index (χ0n) is 11.9. The van der Waals surface area contributed by atoms with Crippen molar-refractivity contribution in [1.82, 2.24) is 4.90 Å². The molecule has 0 spiro atoms. The zero-order valence-corrected chi connectivity index (χ0v) is 11.9. The van der Waals surface area contributed by atoms with Crippen LogP contribution in [0.1, 0.15) is 19.3 Å². The number of aliphatic hydroxyl groups excluding tert-OH is 2. The maximum Gasteiger partial charge on any atom is 0.254 e. The maximum atomic E-state index is 9.65. The van der Waals surface area contributed by atoms with Crippen LogP contribution in [0.4, 0.5) is 0 Å². The summed E-state index contributed by atoms with van der Waals surface area (Å²) in [6, 6.07) is 5.79. The van der Waals surface area contributed by atoms with Crippen LogP contribution in [0.15, 0.2) is 0 Å². The average Bonchev–Trinajstić information content (AvgIpc) is 2.50. The number of hydrogen-bond acceptors (Lipinski definition) is 8. The van der Waals surface area contributed by atoms with Crippen molar-refractivity contribution < 1.29 is 19.7 Å². The summed E-state index contributed by atoms with van der Waals surface area (Å²) in [6.45, 7) is -0.361. The van der Waals surface area contributed by atoms with Crippen LogP contribution >= 0.6 is 0 Å². The average molecular weight is 296 g/mol. The van der Waals surface area contributed by atoms with E-state index in [1.54, 1.807) is 0 Å². The highest BCUT2D eigenvalue weighted by molar-refractivity contribution is 4.80. The van der Waals surface area contributed by atoms with Crippen LogP contribution in [0.3, 0.4) is 0 Å². The molecule has 0 aromatic heterocycles. The third kappa shape index (κ3) is 7.01. The van der Waals surface area contributed by atoms with Crippen molar-refractivity contribution in [3.05, 3.63) is 0 Å². The van der Waals surface area contributed by atoms with Gasteiger partial charge in [0.25, 0.3) is 5.91 Å². The van der Waals surface area contributed by atoms with Crippen LogP contribution in [0.25, 0.3) is 0 Å². The second-order valence-corrected chi connectivity index (χ2v) is 4.00. The van der Waals surface area contributed by atoms with E-state index in [4.69, 9.17) is 30.4 Å². The molecule has 0 saturated heterocycles. The lowest BCUT2D eigenvalue weighted by atomic mass is 10.3. The van der Waals surface area contributed by atoms with Gasteiger partial charge in [0, 0.05) is 19.5 Å². The van der Waals surface area contributed by atoms with Crippen molar-refractivity contribution in [1.29, 1.82) is 15.8 Å². The molecule has 0 aliphatic rings. The summed E-state index contributed by atoms with van der Waals surface area (Å²) >= 11 is 0. The van der Waals surface area contributed by atoms with Crippen molar-refractivity contribution in [2.24, 2.45) is 0 Å². The van der Waals surface area contributed by atoms with Crippen LogP contribution in [0.5, 0.6) is 0 Å². The van der Waals surface area contributed by atoms with Crippen molar-refractivity contribution in [3.8, 4) is 18.2 Å². The molecule has 2 N–H and O–H groups in total. The number of hydrogen-bond donors (Lipinski definition) is 2. The molecule has 0 unspecified atom stereocenters. The van der Waals surface area contributed by atoms with Gasteiger partial charge in [-0.2, -0.15) is 15.8 Å². The van der Waals surface area contributed by atoms with E-state index in [1.165, 1.54) is 4.90 Å². The van der Waals surface area contributed by atoms with E-state index in [9.17, 15) is 5.11 Å². The fourth-order valence-electron chi connectivity index (χ4n) is 1.69. The first-order valence-corrected chi connectivity index (χ1v) is 6.56. The molecule has 0 aliphatic heterocycles. The first-order valence-electron chi connectivity index (χ1n) is 6.56. The molecule has 0 amide bonds. The van der Waals surface area contributed by atoms with Crippen LogP contribution in [-0.2, 0) is 9.47 Å². The first-order chi connectivity index (χ1) is 10.2. The van der Waals surface area contributed by atoms with Crippen LogP contribution in [0, 0.1) is 34.0 Å². The van der Waals surface area contributed by atoms with E-state index < -0.39 is 12.5 Å². The third-order valence-corrected chi connectivity index (χ3v) is 2.63. The minimum absolute atomic E-state index is 0.0259. The van der Waals surface area contributed by atoms with Gasteiger partial charge in [0.05, 0.1) is 50.9 Å². The number of nitriles is 3. The van der Waals surface area contributed by atoms with Crippen molar-refractivity contribution in [2.75, 3.05) is 39.5 Å². The van der Waals surface area contributed by atoms with E-state index in [-0.39, 0.29) is 52.2 Å². The van der Waals surface area contributed by atoms with Crippen molar-refractivity contribution in [2.45, 2.75) is 25.2 Å². The lowest BCUT2D eigenvalue weighted by Gasteiger charge is -2.41. The zero-order chi connectivity index (χ0) is 16.0. The lowest BCUT2D eigenvalue weighted by Crippen LogP contribution is -2.57. The molecule has 21 heavy (non-hydrogen) atoms. The predicted octanol–water partition coefficient (Wildman–Crippen LogP) is -0.299. The van der Waals surface area contributed by atoms with Gasteiger partial charge in [-0.25, -0.2) is 4.90 Å². The van der Waals surface area contributed by atoms with Gasteiger partial charge in [-0.15, -0.1) is 0 Å². The minimum Gasteiger partial charge on any atom is -0.395 e. The molecule has 8 heteroatoms. The minimum atomic E-state index is -1.56. The lowest BCUT2D eigenvalue weighted by molar-refractivity contribution is -0.331. The Morgan fingerprint density at radius 1 is 0.857 bits per heavy atom. The molecule has 0 fully saturated rings. The smallest absolute Gasteiger partial charge is 0.254 e. The highest BCUT2D eigenvalue weighted by atomic mass is 16.7. The van der Waals surface area contributed by atoms with Gasteiger partial charge in [-0.05, 0) is 0 Å². The quantitative estimate of drug-likeness (QED) is 0.370. The van der Waals surface area contributed by atoms with Crippen LogP contribution in [0.2, 0.25) is 0 Å². The van der Waals surface area contributed by atoms with Gasteiger partial charge in [0.1, 0.15) is 6.61 Å². The van der Waals surface area contributed by atoms with Gasteiger partial charge in [0.15, 0.2) is 0 Å². The molecule has 0 rings (SSSR count). The second kappa shape index (κ2) is 12.0. The molecule has 116 valence electrons. The summed E-state index contributed by atoms with van der Waals surface area (Å²) in [5.74, 6) is -1.56. The molecule has 0 aromatic carbocycles. The van der Waals surface area contributed by atoms with Crippen molar-refractivity contribution in [3.63, 3.8) is 0 Å². The Hall–Kier alpha value is -1.73. The fourth-order valence-corrected chi connectivity index (χ4v) is 1.69. The topological polar surface area (TPSA) is 134 Å². The number of nitrogens with zero attached hydrogens (tertiary/aromatic N) is 4. The standard InChI is InChI=1S/C13H20N4O4/c14-4-1-7-17(8-9-18)13(12-19,20-10-2-5-15)21-11-3-6-16/h18-19H,1-3,7-12H2. The van der Waals surface area contributed by atoms with Gasteiger partial charge in [-0.1, -0.05) is 0 Å². The molecule has 0 aromatic rings. The summed E-state index contributed by atoms with van der Waals surface area (Å²) in [5, 5.41) is 44.6. The Bertz CT molecular complexity index is 376. The number of ether oxygens (including phenoxy) is 2. The monoisotopic (exact) mass is 296 g/mol. The van der Waals surface area contributed by atoms with Gasteiger partial charge >= 0.3 is 0 Å².